The number of carbonyl (C=O) groups is 1. The molecule has 0 saturated heterocycles. The first-order valence-electron chi connectivity index (χ1n) is 13.3. The number of hydrogen-bond donors (Lipinski definition) is 0. The Morgan fingerprint density at radius 1 is 0.875 bits per heavy atom. The Balaban J connectivity index is 1.51. The van der Waals surface area contributed by atoms with E-state index in [0.717, 1.165) is 44.7 Å². The van der Waals surface area contributed by atoms with Crippen molar-refractivity contribution in [2.75, 3.05) is 21.3 Å². The minimum atomic E-state index is -0.0411. The molecule has 5 rings (SSSR count). The monoisotopic (exact) mass is 552 g/mol. The summed E-state index contributed by atoms with van der Waals surface area (Å²) in [5, 5.41) is 1.70. The van der Waals surface area contributed by atoms with E-state index in [4.69, 9.17) is 21.1 Å². The van der Waals surface area contributed by atoms with Crippen LogP contribution in [0.2, 0.25) is 5.02 Å². The van der Waals surface area contributed by atoms with Crippen LogP contribution in [0.4, 0.5) is 0 Å². The van der Waals surface area contributed by atoms with E-state index in [2.05, 4.69) is 29.7 Å². The topological polar surface area (TPSA) is 43.7 Å². The molecule has 6 heteroatoms. The maximum Gasteiger partial charge on any atom is 0.270 e. The fourth-order valence-electron chi connectivity index (χ4n) is 5.06. The lowest BCUT2D eigenvalue weighted by Gasteiger charge is -2.26. The predicted molar refractivity (Wildman–Crippen MR) is 163 cm³/mol. The molecule has 0 spiro atoms. The molecule has 0 N–H and O–H groups in total. The molecule has 0 fully saturated rings. The third-order valence-corrected chi connectivity index (χ3v) is 7.74. The van der Waals surface area contributed by atoms with Gasteiger partial charge in [0.05, 0.1) is 14.2 Å². The van der Waals surface area contributed by atoms with Crippen molar-refractivity contribution in [3.05, 3.63) is 119 Å². The molecule has 1 unspecified atom stereocenters. The molecule has 5 aromatic rings. The second kappa shape index (κ2) is 11.9. The Labute approximate surface area is 240 Å². The van der Waals surface area contributed by atoms with Crippen molar-refractivity contribution in [2.24, 2.45) is 0 Å². The Morgan fingerprint density at radius 2 is 1.57 bits per heavy atom. The van der Waals surface area contributed by atoms with Crippen molar-refractivity contribution in [1.82, 2.24) is 9.47 Å². The molecule has 40 heavy (non-hydrogen) atoms. The largest absolute Gasteiger partial charge is 0.497 e. The van der Waals surface area contributed by atoms with Gasteiger partial charge in [-0.1, -0.05) is 60.1 Å². The van der Waals surface area contributed by atoms with E-state index in [-0.39, 0.29) is 11.9 Å². The molecule has 0 aliphatic heterocycles. The van der Waals surface area contributed by atoms with Crippen molar-refractivity contribution in [1.29, 1.82) is 0 Å². The molecule has 0 aliphatic rings. The van der Waals surface area contributed by atoms with Crippen molar-refractivity contribution < 1.29 is 14.3 Å². The fourth-order valence-corrected chi connectivity index (χ4v) is 5.19. The molecular formula is C34H33ClN2O3. The Bertz CT molecular complexity index is 1620. The molecule has 4 aromatic carbocycles. The zero-order valence-electron chi connectivity index (χ0n) is 23.2. The summed E-state index contributed by atoms with van der Waals surface area (Å²) in [6.07, 6.45) is 0.686. The summed E-state index contributed by atoms with van der Waals surface area (Å²) in [6, 6.07) is 32.0. The maximum absolute atomic E-state index is 14.0. The first-order valence-corrected chi connectivity index (χ1v) is 13.7. The van der Waals surface area contributed by atoms with E-state index in [9.17, 15) is 4.79 Å². The van der Waals surface area contributed by atoms with E-state index in [1.54, 1.807) is 14.2 Å². The fraction of sp³-hybridized carbons (Fsp3) is 0.206. The number of amides is 1. The molecule has 1 heterocycles. The highest BCUT2D eigenvalue weighted by atomic mass is 35.5. The third kappa shape index (κ3) is 5.70. The van der Waals surface area contributed by atoms with Crippen LogP contribution < -0.4 is 9.47 Å². The number of benzene rings is 4. The number of carbonyl (C=O) groups excluding carboxylic acids is 1. The molecule has 1 amide bonds. The van der Waals surface area contributed by atoms with E-state index in [0.29, 0.717) is 23.7 Å². The van der Waals surface area contributed by atoms with Crippen LogP contribution in [-0.4, -0.2) is 42.7 Å². The summed E-state index contributed by atoms with van der Waals surface area (Å²) in [5.74, 6) is 1.62. The number of aromatic nitrogens is 1. The van der Waals surface area contributed by atoms with Gasteiger partial charge in [0, 0.05) is 35.6 Å². The van der Waals surface area contributed by atoms with Gasteiger partial charge in [0.2, 0.25) is 0 Å². The van der Waals surface area contributed by atoms with Crippen LogP contribution in [0.1, 0.15) is 28.5 Å². The van der Waals surface area contributed by atoms with Gasteiger partial charge in [-0.05, 0) is 84.1 Å². The SMILES string of the molecule is COc1ccc(-c2ccc3c(c2)cc(C(=O)N(C)C(C)Cc2ccccc2OC)n3Cc2ccc(Cl)cc2)cc1. The lowest BCUT2D eigenvalue weighted by molar-refractivity contribution is 0.0733. The smallest absolute Gasteiger partial charge is 0.270 e. The maximum atomic E-state index is 14.0. The van der Waals surface area contributed by atoms with Crippen LogP contribution in [0.3, 0.4) is 0 Å². The Morgan fingerprint density at radius 3 is 2.27 bits per heavy atom. The lowest BCUT2D eigenvalue weighted by Crippen LogP contribution is -2.37. The minimum Gasteiger partial charge on any atom is -0.497 e. The predicted octanol–water partition coefficient (Wildman–Crippen LogP) is 7.73. The highest BCUT2D eigenvalue weighted by Crippen LogP contribution is 2.30. The van der Waals surface area contributed by atoms with Crippen LogP contribution in [0.5, 0.6) is 11.5 Å². The number of rotatable bonds is 9. The van der Waals surface area contributed by atoms with Gasteiger partial charge in [-0.25, -0.2) is 0 Å². The van der Waals surface area contributed by atoms with Crippen LogP contribution in [0.25, 0.3) is 22.0 Å². The quantitative estimate of drug-likeness (QED) is 0.188. The van der Waals surface area contributed by atoms with Gasteiger partial charge >= 0.3 is 0 Å². The molecule has 1 atom stereocenters. The van der Waals surface area contributed by atoms with Crippen LogP contribution in [0, 0.1) is 0 Å². The molecule has 0 saturated carbocycles. The average molecular weight is 553 g/mol. The molecule has 1 aromatic heterocycles. The van der Waals surface area contributed by atoms with E-state index in [1.165, 1.54) is 0 Å². The molecule has 0 bridgehead atoms. The Kier molecular flexibility index (Phi) is 8.13. The number of halogens is 1. The zero-order valence-corrected chi connectivity index (χ0v) is 24.0. The number of nitrogens with zero attached hydrogens (tertiary/aromatic N) is 2. The van der Waals surface area contributed by atoms with E-state index >= 15 is 0 Å². The van der Waals surface area contributed by atoms with Crippen molar-refractivity contribution in [3.8, 4) is 22.6 Å². The summed E-state index contributed by atoms with van der Waals surface area (Å²) in [6.45, 7) is 2.62. The van der Waals surface area contributed by atoms with Gasteiger partial charge in [0.25, 0.3) is 5.91 Å². The van der Waals surface area contributed by atoms with Crippen LogP contribution in [-0.2, 0) is 13.0 Å². The van der Waals surface area contributed by atoms with Crippen LogP contribution >= 0.6 is 11.6 Å². The summed E-state index contributed by atoms with van der Waals surface area (Å²) < 4.78 is 13.0. The first kappa shape index (κ1) is 27.4. The average Bonchev–Trinajstić information content (AvgIpc) is 3.35. The number of fused-ring (bicyclic) bond motifs is 1. The molecular weight excluding hydrogens is 520 g/mol. The number of hydrogen-bond acceptors (Lipinski definition) is 3. The summed E-state index contributed by atoms with van der Waals surface area (Å²) in [5.41, 5.74) is 5.95. The van der Waals surface area contributed by atoms with Crippen molar-refractivity contribution >= 4 is 28.4 Å². The third-order valence-electron chi connectivity index (χ3n) is 7.49. The Hall–Kier alpha value is -4.22. The summed E-state index contributed by atoms with van der Waals surface area (Å²) in [7, 11) is 5.21. The highest BCUT2D eigenvalue weighted by molar-refractivity contribution is 6.30. The van der Waals surface area contributed by atoms with E-state index in [1.807, 2.05) is 90.8 Å². The molecule has 5 nitrogen and oxygen atoms in total. The van der Waals surface area contributed by atoms with Crippen molar-refractivity contribution in [3.63, 3.8) is 0 Å². The molecule has 0 radical (unpaired) electrons. The summed E-state index contributed by atoms with van der Waals surface area (Å²) in [4.78, 5) is 15.9. The minimum absolute atomic E-state index is 0.0291. The van der Waals surface area contributed by atoms with E-state index < -0.39 is 0 Å². The lowest BCUT2D eigenvalue weighted by atomic mass is 10.0. The normalized spacial score (nSPS) is 11.8. The van der Waals surface area contributed by atoms with Gasteiger partial charge in [-0.3, -0.25) is 4.79 Å². The van der Waals surface area contributed by atoms with Crippen LogP contribution in [0.15, 0.2) is 97.1 Å². The highest BCUT2D eigenvalue weighted by Gasteiger charge is 2.24. The second-order valence-corrected chi connectivity index (χ2v) is 10.5. The van der Waals surface area contributed by atoms with Gasteiger partial charge in [0.15, 0.2) is 0 Å². The zero-order chi connectivity index (χ0) is 28.2. The van der Waals surface area contributed by atoms with Gasteiger partial charge in [-0.2, -0.15) is 0 Å². The van der Waals surface area contributed by atoms with Gasteiger partial charge in [-0.15, -0.1) is 0 Å². The first-order chi connectivity index (χ1) is 19.4. The number of ether oxygens (including phenoxy) is 2. The summed E-state index contributed by atoms with van der Waals surface area (Å²) >= 11 is 6.15. The number of para-hydroxylation sites is 1. The molecule has 0 aliphatic carbocycles. The second-order valence-electron chi connectivity index (χ2n) is 10.0. The van der Waals surface area contributed by atoms with Crippen molar-refractivity contribution in [2.45, 2.75) is 25.9 Å². The number of methoxy groups -OCH3 is 2. The standard InChI is InChI=1S/C34H33ClN2O3/c1-23(19-27-7-5-6-8-33(27)40-4)36(2)34(38)32-21-28-20-26(25-11-16-30(39-3)17-12-25)13-18-31(28)37(32)22-24-9-14-29(35)15-10-24/h5-18,20-21,23H,19,22H2,1-4H3. The number of likely N-dealkylation sites (N-methyl/N-ethyl adjacent to an activating group) is 1. The van der Waals surface area contributed by atoms with Gasteiger partial charge < -0.3 is 18.9 Å². The molecule has 204 valence electrons. The van der Waals surface area contributed by atoms with Gasteiger partial charge in [0.1, 0.15) is 17.2 Å².